The van der Waals surface area contributed by atoms with Crippen LogP contribution in [-0.4, -0.2) is 47.4 Å². The van der Waals surface area contributed by atoms with Crippen LogP contribution in [-0.2, 0) is 11.3 Å². The minimum Gasteiger partial charge on any atom is -0.447 e. The smallest absolute Gasteiger partial charge is 0.407 e. The Kier molecular flexibility index (Phi) is 5.59. The van der Waals surface area contributed by atoms with E-state index in [4.69, 9.17) is 4.74 Å². The zero-order chi connectivity index (χ0) is 15.2. The molecule has 0 spiro atoms. The first kappa shape index (κ1) is 15.8. The maximum atomic E-state index is 11.6. The summed E-state index contributed by atoms with van der Waals surface area (Å²) in [6.45, 7) is 5.83. The summed E-state index contributed by atoms with van der Waals surface area (Å²) in [5.74, 6) is 0. The zero-order valence-corrected chi connectivity index (χ0v) is 12.7. The van der Waals surface area contributed by atoms with Gasteiger partial charge in [-0.15, -0.1) is 0 Å². The van der Waals surface area contributed by atoms with E-state index in [1.54, 1.807) is 13.8 Å². The molecule has 1 aliphatic rings. The van der Waals surface area contributed by atoms with Gasteiger partial charge in [0.2, 0.25) is 0 Å². The van der Waals surface area contributed by atoms with E-state index in [1.807, 2.05) is 18.2 Å². The summed E-state index contributed by atoms with van der Waals surface area (Å²) in [5.41, 5.74) is 1.23. The molecule has 0 aliphatic carbocycles. The number of aliphatic hydroxyl groups is 1. The zero-order valence-electron chi connectivity index (χ0n) is 12.7. The summed E-state index contributed by atoms with van der Waals surface area (Å²) >= 11 is 0. The van der Waals surface area contributed by atoms with Crippen molar-refractivity contribution in [3.8, 4) is 0 Å². The lowest BCUT2D eigenvalue weighted by atomic mass is 10.0. The summed E-state index contributed by atoms with van der Waals surface area (Å²) in [6.07, 6.45) is -0.450. The number of nitrogens with one attached hydrogen (secondary N) is 1. The predicted molar refractivity (Wildman–Crippen MR) is 80.9 cm³/mol. The Morgan fingerprint density at radius 3 is 2.76 bits per heavy atom. The van der Waals surface area contributed by atoms with Crippen LogP contribution in [0.4, 0.5) is 4.79 Å². The van der Waals surface area contributed by atoms with Crippen molar-refractivity contribution in [2.24, 2.45) is 0 Å². The van der Waals surface area contributed by atoms with Crippen LogP contribution >= 0.6 is 0 Å². The van der Waals surface area contributed by atoms with Crippen LogP contribution < -0.4 is 5.32 Å². The molecule has 1 aromatic carbocycles. The fourth-order valence-electron chi connectivity index (χ4n) is 2.55. The molecule has 2 N–H and O–H groups in total. The van der Waals surface area contributed by atoms with E-state index in [0.29, 0.717) is 6.54 Å². The molecular formula is C16H24N2O3. The van der Waals surface area contributed by atoms with E-state index in [2.05, 4.69) is 22.3 Å². The van der Waals surface area contributed by atoms with Gasteiger partial charge in [-0.05, 0) is 25.8 Å². The Hall–Kier alpha value is -1.59. The highest BCUT2D eigenvalue weighted by Crippen LogP contribution is 2.14. The number of rotatable bonds is 4. The second-order valence-electron chi connectivity index (χ2n) is 5.78. The molecule has 21 heavy (non-hydrogen) atoms. The van der Waals surface area contributed by atoms with Crippen LogP contribution in [0.3, 0.4) is 0 Å². The SMILES string of the molecule is CC(C)OC(=O)N[C@H]1CCN(Cc2ccccc2)C[C@@H]1O. The molecule has 1 aromatic rings. The van der Waals surface area contributed by atoms with Crippen molar-refractivity contribution < 1.29 is 14.6 Å². The minimum atomic E-state index is -0.567. The molecule has 1 aliphatic heterocycles. The number of hydrogen-bond acceptors (Lipinski definition) is 4. The quantitative estimate of drug-likeness (QED) is 0.887. The number of piperidine rings is 1. The Morgan fingerprint density at radius 2 is 2.14 bits per heavy atom. The summed E-state index contributed by atoms with van der Waals surface area (Å²) < 4.78 is 5.05. The normalized spacial score (nSPS) is 23.0. The molecule has 1 saturated heterocycles. The molecule has 0 aromatic heterocycles. The molecule has 1 amide bonds. The van der Waals surface area contributed by atoms with Gasteiger partial charge in [0.05, 0.1) is 18.2 Å². The number of aliphatic hydroxyl groups excluding tert-OH is 1. The van der Waals surface area contributed by atoms with Crippen molar-refractivity contribution in [2.75, 3.05) is 13.1 Å². The number of β-amino-alcohol motifs (C(OH)–C–C–N with tert-alkyl or cyclic N) is 1. The van der Waals surface area contributed by atoms with Crippen molar-refractivity contribution in [1.29, 1.82) is 0 Å². The van der Waals surface area contributed by atoms with Gasteiger partial charge in [-0.2, -0.15) is 0 Å². The fraction of sp³-hybridized carbons (Fsp3) is 0.562. The van der Waals surface area contributed by atoms with E-state index in [1.165, 1.54) is 5.56 Å². The maximum Gasteiger partial charge on any atom is 0.407 e. The number of hydrogen-bond donors (Lipinski definition) is 2. The Balaban J connectivity index is 1.80. The highest BCUT2D eigenvalue weighted by atomic mass is 16.6. The third-order valence-corrected chi connectivity index (χ3v) is 3.56. The first-order valence-corrected chi connectivity index (χ1v) is 7.46. The van der Waals surface area contributed by atoms with E-state index >= 15 is 0 Å². The van der Waals surface area contributed by atoms with Crippen LogP contribution in [0, 0.1) is 0 Å². The van der Waals surface area contributed by atoms with Gasteiger partial charge >= 0.3 is 6.09 Å². The number of benzene rings is 1. The van der Waals surface area contributed by atoms with Gasteiger partial charge in [-0.3, -0.25) is 4.90 Å². The van der Waals surface area contributed by atoms with Gasteiger partial charge in [0, 0.05) is 19.6 Å². The largest absolute Gasteiger partial charge is 0.447 e. The van der Waals surface area contributed by atoms with Crippen LogP contribution in [0.25, 0.3) is 0 Å². The van der Waals surface area contributed by atoms with E-state index in [-0.39, 0.29) is 12.1 Å². The first-order chi connectivity index (χ1) is 10.0. The summed E-state index contributed by atoms with van der Waals surface area (Å²) in [4.78, 5) is 13.8. The van der Waals surface area contributed by atoms with Crippen molar-refractivity contribution >= 4 is 6.09 Å². The molecule has 116 valence electrons. The van der Waals surface area contributed by atoms with Gasteiger partial charge in [-0.25, -0.2) is 4.79 Å². The number of ether oxygens (including phenoxy) is 1. The van der Waals surface area contributed by atoms with Crippen molar-refractivity contribution in [2.45, 2.75) is 45.1 Å². The monoisotopic (exact) mass is 292 g/mol. The molecule has 2 atom stereocenters. The fourth-order valence-corrected chi connectivity index (χ4v) is 2.55. The minimum absolute atomic E-state index is 0.152. The summed E-state index contributed by atoms with van der Waals surface area (Å²) in [7, 11) is 0. The lowest BCUT2D eigenvalue weighted by molar-refractivity contribution is 0.0316. The number of amides is 1. The van der Waals surface area contributed by atoms with Crippen molar-refractivity contribution in [3.05, 3.63) is 35.9 Å². The van der Waals surface area contributed by atoms with Gasteiger partial charge in [0.1, 0.15) is 0 Å². The lowest BCUT2D eigenvalue weighted by Crippen LogP contribution is -2.54. The van der Waals surface area contributed by atoms with E-state index in [0.717, 1.165) is 19.5 Å². The maximum absolute atomic E-state index is 11.6. The number of carbonyl (C=O) groups is 1. The summed E-state index contributed by atoms with van der Waals surface area (Å²) in [5, 5.41) is 12.9. The second kappa shape index (κ2) is 7.43. The van der Waals surface area contributed by atoms with Crippen molar-refractivity contribution in [1.82, 2.24) is 10.2 Å². The number of carbonyl (C=O) groups excluding carboxylic acids is 1. The average molecular weight is 292 g/mol. The molecule has 0 bridgehead atoms. The van der Waals surface area contributed by atoms with E-state index in [9.17, 15) is 9.90 Å². The third-order valence-electron chi connectivity index (χ3n) is 3.56. The topological polar surface area (TPSA) is 61.8 Å². The molecule has 5 nitrogen and oxygen atoms in total. The molecular weight excluding hydrogens is 268 g/mol. The van der Waals surface area contributed by atoms with Gasteiger partial charge in [0.15, 0.2) is 0 Å². The van der Waals surface area contributed by atoms with Gasteiger partial charge in [-0.1, -0.05) is 30.3 Å². The highest BCUT2D eigenvalue weighted by molar-refractivity contribution is 5.67. The third kappa shape index (κ3) is 5.02. The average Bonchev–Trinajstić information content (AvgIpc) is 2.42. The first-order valence-electron chi connectivity index (χ1n) is 7.46. The number of nitrogens with zero attached hydrogens (tertiary/aromatic N) is 1. The van der Waals surface area contributed by atoms with Crippen LogP contribution in [0.15, 0.2) is 30.3 Å². The molecule has 2 rings (SSSR count). The second-order valence-corrected chi connectivity index (χ2v) is 5.78. The predicted octanol–water partition coefficient (Wildman–Crippen LogP) is 1.76. The molecule has 1 fully saturated rings. The van der Waals surface area contributed by atoms with Crippen LogP contribution in [0.5, 0.6) is 0 Å². The lowest BCUT2D eigenvalue weighted by Gasteiger charge is -2.36. The number of alkyl carbamates (subject to hydrolysis) is 1. The van der Waals surface area contributed by atoms with Crippen LogP contribution in [0.2, 0.25) is 0 Å². The Bertz CT molecular complexity index is 450. The molecule has 0 radical (unpaired) electrons. The number of likely N-dealkylation sites (tertiary alicyclic amines) is 1. The van der Waals surface area contributed by atoms with E-state index < -0.39 is 12.2 Å². The Morgan fingerprint density at radius 1 is 1.43 bits per heavy atom. The van der Waals surface area contributed by atoms with Crippen LogP contribution in [0.1, 0.15) is 25.8 Å². The highest BCUT2D eigenvalue weighted by Gasteiger charge is 2.29. The standard InChI is InChI=1S/C16H24N2O3/c1-12(2)21-16(20)17-14-8-9-18(11-15(14)19)10-13-6-4-3-5-7-13/h3-7,12,14-15,19H,8-11H2,1-2H3,(H,17,20)/t14-,15-/m0/s1. The Labute approximate surface area is 125 Å². The molecule has 0 saturated carbocycles. The van der Waals surface area contributed by atoms with Crippen molar-refractivity contribution in [3.63, 3.8) is 0 Å². The molecule has 1 heterocycles. The van der Waals surface area contributed by atoms with Gasteiger partial charge in [0.25, 0.3) is 0 Å². The summed E-state index contributed by atoms with van der Waals surface area (Å²) in [6, 6.07) is 9.95. The molecule has 5 heteroatoms. The van der Waals surface area contributed by atoms with Gasteiger partial charge < -0.3 is 15.2 Å². The molecule has 0 unspecified atom stereocenters.